The minimum Gasteiger partial charge on any atom is -0.0776 e. The van der Waals surface area contributed by atoms with Crippen molar-refractivity contribution >= 4 is 8.41 Å². The molecule has 0 aromatic heterocycles. The number of benzene rings is 3. The van der Waals surface area contributed by atoms with Crippen LogP contribution in [-0.2, 0) is 19.3 Å². The average molecular weight is 993 g/mol. The molecule has 0 unspecified atom stereocenters. The van der Waals surface area contributed by atoms with Gasteiger partial charge >= 0.3 is 0 Å². The second kappa shape index (κ2) is 30.0. The van der Waals surface area contributed by atoms with Gasteiger partial charge in [-0.1, -0.05) is 154 Å². The predicted octanol–water partition coefficient (Wildman–Crippen LogP) is 21.4. The van der Waals surface area contributed by atoms with Crippen LogP contribution in [0.2, 0.25) is 0 Å². The highest BCUT2D eigenvalue weighted by Crippen LogP contribution is 2.45. The van der Waals surface area contributed by atoms with Crippen molar-refractivity contribution in [1.29, 1.82) is 0 Å². The first-order valence-corrected chi connectivity index (χ1v) is 31.2. The molecule has 0 bridgehead atoms. The summed E-state index contributed by atoms with van der Waals surface area (Å²) in [6.45, 7) is 27.7. The van der Waals surface area contributed by atoms with Crippen molar-refractivity contribution in [3.63, 3.8) is 0 Å². The molecule has 6 fully saturated rings. The van der Waals surface area contributed by atoms with Gasteiger partial charge in [0.1, 0.15) is 0 Å². The largest absolute Gasteiger partial charge is 0.0776 e. The van der Waals surface area contributed by atoms with Gasteiger partial charge in [0.15, 0.2) is 0 Å². The normalized spacial score (nSPS) is 30.6. The number of aryl methyl sites for hydroxylation is 6. The topological polar surface area (TPSA) is 0 Å². The van der Waals surface area contributed by atoms with E-state index in [1.165, 1.54) is 185 Å². The highest BCUT2D eigenvalue weighted by Gasteiger charge is 2.32. The Kier molecular flexibility index (Phi) is 25.3. The zero-order valence-electron chi connectivity index (χ0n) is 49.5. The smallest absolute Gasteiger partial charge is 0 e. The molecule has 0 atom stereocenters. The zero-order valence-corrected chi connectivity index (χ0v) is 49.5. The summed E-state index contributed by atoms with van der Waals surface area (Å²) < 4.78 is 0. The highest BCUT2D eigenvalue weighted by atomic mass is 14.4. The fraction of sp³-hybridized carbons (Fsp3) is 0.750. The van der Waals surface area contributed by atoms with Crippen molar-refractivity contribution in [2.75, 3.05) is 0 Å². The molecule has 73 heavy (non-hydrogen) atoms. The Bertz CT molecular complexity index is 1970. The number of hydrogen-bond acceptors (Lipinski definition) is 0. The van der Waals surface area contributed by atoms with Crippen LogP contribution in [-0.4, -0.2) is 8.41 Å². The molecule has 6 aliphatic carbocycles. The van der Waals surface area contributed by atoms with Gasteiger partial charge in [-0.3, -0.25) is 0 Å². The molecular weight excluding hydrogens is 876 g/mol. The minimum atomic E-state index is 0. The Morgan fingerprint density at radius 2 is 0.452 bits per heavy atom. The summed E-state index contributed by atoms with van der Waals surface area (Å²) >= 11 is 0. The molecule has 0 heterocycles. The molecule has 0 spiro atoms. The highest BCUT2D eigenvalue weighted by molar-refractivity contribution is 5.75. The standard InChI is InChI=1S/C30H48.C24H38.C17H26.CH4.B/c1-21-5-13-29(14-6-21)30-15-11-27(12-16-30)19-25-7-9-26(10-8-25)20-28-17-22(2)24(4)23(3)18-28;1-17-5-7-21(8-6-17)15-22-9-11-23(12-10-22)16-24-13-18(2)20(4)19(3)14-24;1-12-5-7-16(8-6-12)11-17-9-13(2)15(4)14(3)10-17;;/h17-18,21,25-27,29-30H,5-16,19-20H2,1-4H3;13-14,17,21-23H,5-12,15-16H2,1-4H3;9-10,12,16H,5-8,11H2,1-4H3;1H4;. The van der Waals surface area contributed by atoms with Gasteiger partial charge in [-0.25, -0.2) is 0 Å². The maximum Gasteiger partial charge on any atom is 0 e. The number of hydrogen-bond donors (Lipinski definition) is 0. The predicted molar refractivity (Wildman–Crippen MR) is 325 cm³/mol. The van der Waals surface area contributed by atoms with Gasteiger partial charge in [0, 0.05) is 8.41 Å². The molecule has 6 saturated carbocycles. The van der Waals surface area contributed by atoms with E-state index in [1.54, 1.807) is 68.1 Å². The Balaban J connectivity index is 0.000000208. The van der Waals surface area contributed by atoms with Gasteiger partial charge in [-0.05, 0) is 296 Å². The summed E-state index contributed by atoms with van der Waals surface area (Å²) in [5, 5.41) is 0. The van der Waals surface area contributed by atoms with Crippen LogP contribution in [0.3, 0.4) is 0 Å². The van der Waals surface area contributed by atoms with Gasteiger partial charge in [-0.15, -0.1) is 0 Å². The lowest BCUT2D eigenvalue weighted by atomic mass is 9.67. The second-order valence-electron chi connectivity index (χ2n) is 27.5. The van der Waals surface area contributed by atoms with Crippen LogP contribution in [0.4, 0.5) is 0 Å². The molecule has 0 nitrogen and oxygen atoms in total. The monoisotopic (exact) mass is 992 g/mol. The van der Waals surface area contributed by atoms with Gasteiger partial charge < -0.3 is 0 Å². The summed E-state index contributed by atoms with van der Waals surface area (Å²) in [4.78, 5) is 0. The first kappa shape index (κ1) is 61.6. The summed E-state index contributed by atoms with van der Waals surface area (Å²) in [5.74, 6) is 12.2. The first-order chi connectivity index (χ1) is 34.0. The van der Waals surface area contributed by atoms with Crippen molar-refractivity contribution in [2.24, 2.45) is 71.0 Å². The zero-order chi connectivity index (χ0) is 50.6. The maximum absolute atomic E-state index is 2.46. The minimum absolute atomic E-state index is 0. The Morgan fingerprint density at radius 3 is 0.712 bits per heavy atom. The van der Waals surface area contributed by atoms with E-state index in [-0.39, 0.29) is 15.8 Å². The third kappa shape index (κ3) is 19.0. The Labute approximate surface area is 457 Å². The van der Waals surface area contributed by atoms with Gasteiger partial charge in [0.25, 0.3) is 0 Å². The van der Waals surface area contributed by atoms with Crippen LogP contribution in [0.15, 0.2) is 36.4 Å². The van der Waals surface area contributed by atoms with Crippen LogP contribution in [0.25, 0.3) is 0 Å². The molecule has 3 aromatic carbocycles. The van der Waals surface area contributed by atoms with E-state index in [2.05, 4.69) is 119 Å². The fourth-order valence-electron chi connectivity index (χ4n) is 15.8. The van der Waals surface area contributed by atoms with Crippen molar-refractivity contribution < 1.29 is 0 Å². The number of rotatable bonds is 11. The van der Waals surface area contributed by atoms with E-state index in [4.69, 9.17) is 0 Å². The van der Waals surface area contributed by atoms with Crippen LogP contribution >= 0.6 is 0 Å². The van der Waals surface area contributed by atoms with E-state index in [9.17, 15) is 0 Å². The van der Waals surface area contributed by atoms with Crippen LogP contribution < -0.4 is 0 Å². The first-order valence-electron chi connectivity index (χ1n) is 31.2. The van der Waals surface area contributed by atoms with Gasteiger partial charge in [0.05, 0.1) is 0 Å². The molecule has 9 rings (SSSR count). The molecule has 0 N–H and O–H groups in total. The van der Waals surface area contributed by atoms with Gasteiger partial charge in [0.2, 0.25) is 0 Å². The van der Waals surface area contributed by atoms with Crippen LogP contribution in [0.1, 0.15) is 262 Å². The lowest BCUT2D eigenvalue weighted by Crippen LogP contribution is -2.26. The molecule has 0 amide bonds. The Hall–Kier alpha value is -2.28. The maximum atomic E-state index is 2.46. The molecule has 3 radical (unpaired) electrons. The summed E-state index contributed by atoms with van der Waals surface area (Å²) in [7, 11) is 0. The molecule has 0 saturated heterocycles. The lowest BCUT2D eigenvalue weighted by molar-refractivity contribution is 0.133. The van der Waals surface area contributed by atoms with E-state index in [0.717, 1.165) is 71.0 Å². The SMILES string of the molecule is C.Cc1cc(CC2CCC(C)CC2)cc(C)c1C.Cc1cc(CC2CCC(CC3CCC(C)CC3)CC2)cc(C)c1C.Cc1cc(CC2CCC(CC3CCC(C4CCC(C)CC4)CC3)CC2)cc(C)c1C.[B]. The van der Waals surface area contributed by atoms with Crippen molar-refractivity contribution in [1.82, 2.24) is 0 Å². The third-order valence-electron chi connectivity index (χ3n) is 21.7. The van der Waals surface area contributed by atoms with Crippen molar-refractivity contribution in [3.05, 3.63) is 103 Å². The molecular formula is C72H116B. The van der Waals surface area contributed by atoms with Crippen molar-refractivity contribution in [2.45, 2.75) is 277 Å². The molecule has 1 heteroatoms. The second-order valence-corrected chi connectivity index (χ2v) is 27.5. The van der Waals surface area contributed by atoms with E-state index >= 15 is 0 Å². The summed E-state index contributed by atoms with van der Waals surface area (Å²) in [6, 6.07) is 14.6. The van der Waals surface area contributed by atoms with Crippen molar-refractivity contribution in [3.8, 4) is 0 Å². The fourth-order valence-corrected chi connectivity index (χ4v) is 15.8. The molecule has 0 aliphatic heterocycles. The van der Waals surface area contributed by atoms with Gasteiger partial charge in [-0.2, -0.15) is 0 Å². The molecule has 3 aromatic rings. The summed E-state index contributed by atoms with van der Waals surface area (Å²) in [6.07, 6.45) is 43.1. The van der Waals surface area contributed by atoms with Crippen LogP contribution in [0, 0.1) is 133 Å². The molecule has 6 aliphatic rings. The quantitative estimate of drug-likeness (QED) is 0.168. The van der Waals surface area contributed by atoms with Crippen LogP contribution in [0.5, 0.6) is 0 Å². The lowest BCUT2D eigenvalue weighted by Gasteiger charge is -2.38. The van der Waals surface area contributed by atoms with E-state index < -0.39 is 0 Å². The summed E-state index contributed by atoms with van der Waals surface area (Å²) in [5.41, 5.74) is 18.0. The molecule has 407 valence electrons. The average Bonchev–Trinajstić information content (AvgIpc) is 3.35. The van der Waals surface area contributed by atoms with E-state index in [1.807, 2.05) is 0 Å². The third-order valence-corrected chi connectivity index (χ3v) is 21.7. The Morgan fingerprint density at radius 1 is 0.274 bits per heavy atom. The van der Waals surface area contributed by atoms with E-state index in [0.29, 0.717) is 0 Å².